The Bertz CT molecular complexity index is 1010. The summed E-state index contributed by atoms with van der Waals surface area (Å²) in [5.74, 6) is 0. The molecular weight excluding hydrogens is 354 g/mol. The van der Waals surface area contributed by atoms with Gasteiger partial charge in [-0.05, 0) is 73.2 Å². The van der Waals surface area contributed by atoms with Crippen LogP contribution in [0, 0.1) is 0 Å². The predicted octanol–water partition coefficient (Wildman–Crippen LogP) is 6.89. The van der Waals surface area contributed by atoms with Gasteiger partial charge in [-0.2, -0.15) is 0 Å². The standard InChI is InChI=1S/C26H31N3/c1-6-13-29(23-15-19(7-2)14-20(8-3)16-23)22-11-12-24-25(17-22)28-26(18-27-24)21(9-4)10-5/h9-12,14-18H,4,6-8,13H2,1-3,5H3/b21-10+. The Morgan fingerprint density at radius 2 is 1.69 bits per heavy atom. The van der Waals surface area contributed by atoms with Gasteiger partial charge in [0.1, 0.15) is 0 Å². The third kappa shape index (κ3) is 4.56. The van der Waals surface area contributed by atoms with Crippen LogP contribution in [0.3, 0.4) is 0 Å². The summed E-state index contributed by atoms with van der Waals surface area (Å²) in [4.78, 5) is 11.9. The van der Waals surface area contributed by atoms with Crippen molar-refractivity contribution in [3.63, 3.8) is 0 Å². The first-order valence-corrected chi connectivity index (χ1v) is 10.6. The van der Waals surface area contributed by atoms with Crippen molar-refractivity contribution >= 4 is 28.0 Å². The third-order valence-corrected chi connectivity index (χ3v) is 5.28. The van der Waals surface area contributed by atoms with Crippen LogP contribution in [0.1, 0.15) is 50.9 Å². The minimum atomic E-state index is 0.857. The van der Waals surface area contributed by atoms with Crippen molar-refractivity contribution in [1.29, 1.82) is 0 Å². The van der Waals surface area contributed by atoms with Crippen molar-refractivity contribution < 1.29 is 0 Å². The molecule has 1 aromatic heterocycles. The largest absolute Gasteiger partial charge is 0.341 e. The highest BCUT2D eigenvalue weighted by Crippen LogP contribution is 2.30. The fourth-order valence-electron chi connectivity index (χ4n) is 3.62. The van der Waals surface area contributed by atoms with Crippen molar-refractivity contribution in [2.45, 2.75) is 47.0 Å². The topological polar surface area (TPSA) is 29.0 Å². The Kier molecular flexibility index (Phi) is 6.82. The molecule has 0 fully saturated rings. The number of hydrogen-bond donors (Lipinski definition) is 0. The van der Waals surface area contributed by atoms with E-state index < -0.39 is 0 Å². The summed E-state index contributed by atoms with van der Waals surface area (Å²) in [5, 5.41) is 0. The molecule has 29 heavy (non-hydrogen) atoms. The molecule has 3 nitrogen and oxygen atoms in total. The Morgan fingerprint density at radius 3 is 2.28 bits per heavy atom. The normalized spacial score (nSPS) is 11.7. The number of benzene rings is 2. The summed E-state index contributed by atoms with van der Waals surface area (Å²) in [6.45, 7) is 13.5. The number of fused-ring (bicyclic) bond motifs is 1. The predicted molar refractivity (Wildman–Crippen MR) is 126 cm³/mol. The zero-order chi connectivity index (χ0) is 20.8. The van der Waals surface area contributed by atoms with Crippen LogP contribution >= 0.6 is 0 Å². The summed E-state index contributed by atoms with van der Waals surface area (Å²) in [6, 6.07) is 13.3. The van der Waals surface area contributed by atoms with Crippen molar-refractivity contribution in [2.24, 2.45) is 0 Å². The van der Waals surface area contributed by atoms with Gasteiger partial charge in [-0.1, -0.05) is 45.6 Å². The minimum Gasteiger partial charge on any atom is -0.341 e. The quantitative estimate of drug-likeness (QED) is 0.395. The number of nitrogens with zero attached hydrogens (tertiary/aromatic N) is 3. The smallest absolute Gasteiger partial charge is 0.0915 e. The highest BCUT2D eigenvalue weighted by molar-refractivity contribution is 5.83. The lowest BCUT2D eigenvalue weighted by molar-refractivity contribution is 0.883. The molecule has 3 rings (SSSR count). The lowest BCUT2D eigenvalue weighted by Crippen LogP contribution is -2.18. The van der Waals surface area contributed by atoms with Crippen molar-refractivity contribution in [3.8, 4) is 0 Å². The fourth-order valence-corrected chi connectivity index (χ4v) is 3.62. The number of aryl methyl sites for hydroxylation is 2. The van der Waals surface area contributed by atoms with Gasteiger partial charge in [0.15, 0.2) is 0 Å². The van der Waals surface area contributed by atoms with Crippen LogP contribution in [-0.4, -0.2) is 16.5 Å². The Hall–Kier alpha value is -2.94. The van der Waals surface area contributed by atoms with Crippen LogP contribution in [0.4, 0.5) is 11.4 Å². The molecule has 150 valence electrons. The Morgan fingerprint density at radius 1 is 0.966 bits per heavy atom. The number of allylic oxidation sites excluding steroid dienone is 3. The minimum absolute atomic E-state index is 0.857. The first-order chi connectivity index (χ1) is 14.1. The highest BCUT2D eigenvalue weighted by Gasteiger charge is 2.12. The molecular formula is C26H31N3. The van der Waals surface area contributed by atoms with E-state index in [0.717, 1.165) is 53.8 Å². The molecule has 0 bridgehead atoms. The molecule has 0 unspecified atom stereocenters. The van der Waals surface area contributed by atoms with Crippen LogP contribution in [0.2, 0.25) is 0 Å². The average Bonchev–Trinajstić information content (AvgIpc) is 2.77. The van der Waals surface area contributed by atoms with Gasteiger partial charge < -0.3 is 4.90 Å². The van der Waals surface area contributed by atoms with Gasteiger partial charge in [-0.15, -0.1) is 0 Å². The van der Waals surface area contributed by atoms with Gasteiger partial charge >= 0.3 is 0 Å². The van der Waals surface area contributed by atoms with Gasteiger partial charge in [0.05, 0.1) is 22.9 Å². The monoisotopic (exact) mass is 385 g/mol. The SMILES string of the molecule is C=C/C(=C\C)c1cnc2ccc(N(CCC)c3cc(CC)cc(CC)c3)cc2n1. The van der Waals surface area contributed by atoms with Crippen LogP contribution in [0.25, 0.3) is 16.6 Å². The molecule has 0 saturated carbocycles. The van der Waals surface area contributed by atoms with Gasteiger partial charge in [-0.3, -0.25) is 4.98 Å². The number of anilines is 2. The molecule has 0 saturated heterocycles. The van der Waals surface area contributed by atoms with Crippen molar-refractivity contribution in [3.05, 3.63) is 78.1 Å². The number of aromatic nitrogens is 2. The van der Waals surface area contributed by atoms with E-state index in [1.54, 1.807) is 0 Å². The first-order valence-electron chi connectivity index (χ1n) is 10.6. The molecule has 0 aliphatic carbocycles. The van der Waals surface area contributed by atoms with Crippen LogP contribution in [0.15, 0.2) is 61.3 Å². The van der Waals surface area contributed by atoms with E-state index in [4.69, 9.17) is 4.98 Å². The average molecular weight is 386 g/mol. The van der Waals surface area contributed by atoms with E-state index in [1.807, 2.05) is 25.3 Å². The molecule has 0 aliphatic heterocycles. The van der Waals surface area contributed by atoms with Crippen LogP contribution < -0.4 is 4.90 Å². The fraction of sp³-hybridized carbons (Fsp3) is 0.308. The Labute approximate surface area is 174 Å². The number of hydrogen-bond acceptors (Lipinski definition) is 3. The maximum Gasteiger partial charge on any atom is 0.0915 e. The van der Waals surface area contributed by atoms with Gasteiger partial charge in [-0.25, -0.2) is 4.98 Å². The molecule has 0 spiro atoms. The zero-order valence-corrected chi connectivity index (χ0v) is 18.1. The highest BCUT2D eigenvalue weighted by atomic mass is 15.1. The molecule has 0 atom stereocenters. The lowest BCUT2D eigenvalue weighted by Gasteiger charge is -2.26. The first kappa shape index (κ1) is 20.8. The molecule has 1 heterocycles. The van der Waals surface area contributed by atoms with E-state index in [2.05, 4.69) is 73.6 Å². The van der Waals surface area contributed by atoms with E-state index in [-0.39, 0.29) is 0 Å². The van der Waals surface area contributed by atoms with E-state index in [1.165, 1.54) is 16.8 Å². The zero-order valence-electron chi connectivity index (χ0n) is 18.1. The molecule has 0 radical (unpaired) electrons. The second-order valence-corrected chi connectivity index (χ2v) is 7.24. The second kappa shape index (κ2) is 9.51. The maximum absolute atomic E-state index is 4.85. The lowest BCUT2D eigenvalue weighted by atomic mass is 10.0. The van der Waals surface area contributed by atoms with E-state index >= 15 is 0 Å². The van der Waals surface area contributed by atoms with Crippen molar-refractivity contribution in [1.82, 2.24) is 9.97 Å². The molecule has 3 heteroatoms. The molecule has 0 aliphatic rings. The van der Waals surface area contributed by atoms with Crippen LogP contribution in [-0.2, 0) is 12.8 Å². The second-order valence-electron chi connectivity index (χ2n) is 7.24. The van der Waals surface area contributed by atoms with Crippen molar-refractivity contribution in [2.75, 3.05) is 11.4 Å². The Balaban J connectivity index is 2.10. The van der Waals surface area contributed by atoms with Gasteiger partial charge in [0.25, 0.3) is 0 Å². The summed E-state index contributed by atoms with van der Waals surface area (Å²) < 4.78 is 0. The van der Waals surface area contributed by atoms with Gasteiger partial charge in [0, 0.05) is 17.9 Å². The summed E-state index contributed by atoms with van der Waals surface area (Å²) in [6.07, 6.45) is 8.81. The maximum atomic E-state index is 4.85. The molecule has 0 amide bonds. The van der Waals surface area contributed by atoms with Gasteiger partial charge in [0.2, 0.25) is 0 Å². The molecule has 3 aromatic rings. The summed E-state index contributed by atoms with van der Waals surface area (Å²) in [7, 11) is 0. The number of rotatable bonds is 8. The van der Waals surface area contributed by atoms with E-state index in [9.17, 15) is 0 Å². The third-order valence-electron chi connectivity index (χ3n) is 5.28. The van der Waals surface area contributed by atoms with E-state index in [0.29, 0.717) is 0 Å². The summed E-state index contributed by atoms with van der Waals surface area (Å²) >= 11 is 0. The molecule has 2 aromatic carbocycles. The van der Waals surface area contributed by atoms with Crippen LogP contribution in [0.5, 0.6) is 0 Å². The molecule has 0 N–H and O–H groups in total. The summed E-state index contributed by atoms with van der Waals surface area (Å²) in [5.41, 5.74) is 8.84.